The highest BCUT2D eigenvalue weighted by atomic mass is 19.1. The summed E-state index contributed by atoms with van der Waals surface area (Å²) in [7, 11) is 1.56. The molecule has 1 heterocycles. The number of amides is 1. The van der Waals surface area contributed by atoms with Crippen molar-refractivity contribution < 1.29 is 18.7 Å². The molecule has 3 rings (SSSR count). The first kappa shape index (κ1) is 14.4. The molecule has 2 aromatic rings. The molecular weight excluding hydrogens is 285 g/mol. The van der Waals surface area contributed by atoms with Gasteiger partial charge in [-0.15, -0.1) is 0 Å². The summed E-state index contributed by atoms with van der Waals surface area (Å²) in [5.74, 6) is 0.850. The Kier molecular flexibility index (Phi) is 3.96. The van der Waals surface area contributed by atoms with Crippen molar-refractivity contribution >= 4 is 5.91 Å². The van der Waals surface area contributed by atoms with Gasteiger partial charge in [0.05, 0.1) is 13.7 Å². The maximum absolute atomic E-state index is 13.2. The fourth-order valence-electron chi connectivity index (χ4n) is 2.48. The highest BCUT2D eigenvalue weighted by Gasteiger charge is 2.23. The van der Waals surface area contributed by atoms with Gasteiger partial charge in [0.15, 0.2) is 0 Å². The van der Waals surface area contributed by atoms with E-state index >= 15 is 0 Å². The summed E-state index contributed by atoms with van der Waals surface area (Å²) in [6.45, 7) is 0.367. The predicted molar refractivity (Wildman–Crippen MR) is 79.8 cm³/mol. The van der Waals surface area contributed by atoms with Crippen LogP contribution >= 0.6 is 0 Å². The second-order valence-corrected chi connectivity index (χ2v) is 5.14. The third-order valence-electron chi connectivity index (χ3n) is 3.59. The summed E-state index contributed by atoms with van der Waals surface area (Å²) in [4.78, 5) is 12.1. The van der Waals surface area contributed by atoms with Gasteiger partial charge in [-0.25, -0.2) is 4.39 Å². The molecule has 1 amide bonds. The Morgan fingerprint density at radius 3 is 3.05 bits per heavy atom. The fourth-order valence-corrected chi connectivity index (χ4v) is 2.48. The number of ether oxygens (including phenoxy) is 2. The van der Waals surface area contributed by atoms with Crippen LogP contribution in [0.2, 0.25) is 0 Å². The highest BCUT2D eigenvalue weighted by molar-refractivity contribution is 5.94. The first-order valence-corrected chi connectivity index (χ1v) is 7.03. The van der Waals surface area contributed by atoms with Crippen molar-refractivity contribution in [2.24, 2.45) is 0 Å². The van der Waals surface area contributed by atoms with E-state index in [1.807, 2.05) is 0 Å². The minimum Gasteiger partial charge on any atom is -0.497 e. The standard InChI is InChI=1S/C17H16FNO3/c1-21-14-4-2-3-11(8-14)17(20)19-10-15-9-12-7-13(18)5-6-16(12)22-15/h2-8,15H,9-10H2,1H3,(H,19,20). The smallest absolute Gasteiger partial charge is 0.251 e. The number of carbonyl (C=O) groups is 1. The molecule has 1 aliphatic rings. The van der Waals surface area contributed by atoms with Gasteiger partial charge in [-0.05, 0) is 36.4 Å². The second-order valence-electron chi connectivity index (χ2n) is 5.14. The molecule has 0 aliphatic carbocycles. The summed E-state index contributed by atoms with van der Waals surface area (Å²) in [6.07, 6.45) is 0.414. The van der Waals surface area contributed by atoms with Crippen LogP contribution in [-0.4, -0.2) is 25.7 Å². The molecule has 1 atom stereocenters. The molecule has 5 heteroatoms. The normalized spacial score (nSPS) is 15.8. The van der Waals surface area contributed by atoms with Gasteiger partial charge in [0, 0.05) is 17.5 Å². The molecule has 4 nitrogen and oxygen atoms in total. The van der Waals surface area contributed by atoms with Crippen molar-refractivity contribution in [2.45, 2.75) is 12.5 Å². The van der Waals surface area contributed by atoms with E-state index in [4.69, 9.17) is 9.47 Å². The molecule has 0 aromatic heterocycles. The van der Waals surface area contributed by atoms with Gasteiger partial charge in [-0.1, -0.05) is 6.07 Å². The maximum Gasteiger partial charge on any atom is 0.251 e. The largest absolute Gasteiger partial charge is 0.497 e. The van der Waals surface area contributed by atoms with Gasteiger partial charge < -0.3 is 14.8 Å². The second kappa shape index (κ2) is 6.05. The van der Waals surface area contributed by atoms with Crippen molar-refractivity contribution in [3.63, 3.8) is 0 Å². The minimum absolute atomic E-state index is 0.175. The number of rotatable bonds is 4. The van der Waals surface area contributed by atoms with Crippen LogP contribution in [0, 0.1) is 5.82 Å². The van der Waals surface area contributed by atoms with E-state index in [9.17, 15) is 9.18 Å². The molecule has 0 radical (unpaired) electrons. The van der Waals surface area contributed by atoms with Crippen LogP contribution in [0.25, 0.3) is 0 Å². The number of fused-ring (bicyclic) bond motifs is 1. The summed E-state index contributed by atoms with van der Waals surface area (Å²) >= 11 is 0. The van der Waals surface area contributed by atoms with Crippen LogP contribution in [0.3, 0.4) is 0 Å². The number of benzene rings is 2. The van der Waals surface area contributed by atoms with E-state index in [1.54, 1.807) is 37.4 Å². The van der Waals surface area contributed by atoms with E-state index in [0.29, 0.717) is 30.0 Å². The van der Waals surface area contributed by atoms with Crippen LogP contribution in [0.5, 0.6) is 11.5 Å². The maximum atomic E-state index is 13.2. The molecular formula is C17H16FNO3. The SMILES string of the molecule is COc1cccc(C(=O)NCC2Cc3cc(F)ccc3O2)c1. The van der Waals surface area contributed by atoms with Gasteiger partial charge in [0.2, 0.25) is 0 Å². The van der Waals surface area contributed by atoms with Crippen LogP contribution in [0.1, 0.15) is 15.9 Å². The Labute approximate surface area is 127 Å². The van der Waals surface area contributed by atoms with Gasteiger partial charge in [0.1, 0.15) is 23.4 Å². The Bertz CT molecular complexity index is 702. The van der Waals surface area contributed by atoms with Crippen molar-refractivity contribution in [2.75, 3.05) is 13.7 Å². The highest BCUT2D eigenvalue weighted by Crippen LogP contribution is 2.28. The van der Waals surface area contributed by atoms with E-state index in [0.717, 1.165) is 5.56 Å². The first-order valence-electron chi connectivity index (χ1n) is 7.03. The number of hydrogen-bond acceptors (Lipinski definition) is 3. The van der Waals surface area contributed by atoms with E-state index in [-0.39, 0.29) is 17.8 Å². The van der Waals surface area contributed by atoms with Crippen molar-refractivity contribution in [3.8, 4) is 11.5 Å². The van der Waals surface area contributed by atoms with Crippen LogP contribution in [0.4, 0.5) is 4.39 Å². The lowest BCUT2D eigenvalue weighted by Crippen LogP contribution is -2.34. The van der Waals surface area contributed by atoms with Crippen LogP contribution in [-0.2, 0) is 6.42 Å². The number of nitrogens with one attached hydrogen (secondary N) is 1. The zero-order valence-electron chi connectivity index (χ0n) is 12.1. The lowest BCUT2D eigenvalue weighted by molar-refractivity contribution is 0.0933. The number of halogens is 1. The summed E-state index contributed by atoms with van der Waals surface area (Å²) < 4.78 is 23.9. The third kappa shape index (κ3) is 3.03. The number of methoxy groups -OCH3 is 1. The zero-order chi connectivity index (χ0) is 15.5. The number of carbonyl (C=O) groups excluding carboxylic acids is 1. The Morgan fingerprint density at radius 1 is 1.36 bits per heavy atom. The van der Waals surface area contributed by atoms with Gasteiger partial charge in [-0.3, -0.25) is 4.79 Å². The molecule has 0 saturated carbocycles. The molecule has 22 heavy (non-hydrogen) atoms. The van der Waals surface area contributed by atoms with E-state index in [2.05, 4.69) is 5.32 Å². The first-order chi connectivity index (χ1) is 10.7. The Morgan fingerprint density at radius 2 is 2.23 bits per heavy atom. The lowest BCUT2D eigenvalue weighted by atomic mass is 10.1. The van der Waals surface area contributed by atoms with Gasteiger partial charge in [0.25, 0.3) is 5.91 Å². The third-order valence-corrected chi connectivity index (χ3v) is 3.59. The average molecular weight is 301 g/mol. The molecule has 0 fully saturated rings. The fraction of sp³-hybridized carbons (Fsp3) is 0.235. The average Bonchev–Trinajstić information content (AvgIpc) is 2.94. The molecule has 0 spiro atoms. The predicted octanol–water partition coefficient (Wildman–Crippen LogP) is 2.57. The van der Waals surface area contributed by atoms with Crippen molar-refractivity contribution in [1.29, 1.82) is 0 Å². The van der Waals surface area contributed by atoms with Gasteiger partial charge >= 0.3 is 0 Å². The molecule has 0 saturated heterocycles. The summed E-state index contributed by atoms with van der Waals surface area (Å²) in [5.41, 5.74) is 1.36. The molecule has 2 aromatic carbocycles. The summed E-state index contributed by atoms with van der Waals surface area (Å²) in [6, 6.07) is 11.4. The van der Waals surface area contributed by atoms with Crippen molar-refractivity contribution in [1.82, 2.24) is 5.32 Å². The molecule has 1 aliphatic heterocycles. The van der Waals surface area contributed by atoms with Crippen LogP contribution in [0.15, 0.2) is 42.5 Å². The number of hydrogen-bond donors (Lipinski definition) is 1. The lowest BCUT2D eigenvalue weighted by Gasteiger charge is -2.12. The monoisotopic (exact) mass is 301 g/mol. The van der Waals surface area contributed by atoms with Gasteiger partial charge in [-0.2, -0.15) is 0 Å². The molecule has 1 N–H and O–H groups in total. The minimum atomic E-state index is -0.275. The Balaban J connectivity index is 1.58. The topological polar surface area (TPSA) is 47.6 Å². The van der Waals surface area contributed by atoms with Crippen LogP contribution < -0.4 is 14.8 Å². The molecule has 114 valence electrons. The molecule has 1 unspecified atom stereocenters. The van der Waals surface area contributed by atoms with Crippen molar-refractivity contribution in [3.05, 3.63) is 59.4 Å². The summed E-state index contributed by atoms with van der Waals surface area (Å²) in [5, 5.41) is 2.83. The van der Waals surface area contributed by atoms with E-state index < -0.39 is 0 Å². The molecule has 0 bridgehead atoms. The quantitative estimate of drug-likeness (QED) is 0.944. The zero-order valence-corrected chi connectivity index (χ0v) is 12.1. The van der Waals surface area contributed by atoms with E-state index in [1.165, 1.54) is 12.1 Å². The Hall–Kier alpha value is -2.56.